The Hall–Kier alpha value is -1.51. The van der Waals surface area contributed by atoms with Gasteiger partial charge in [-0.05, 0) is 62.7 Å². The highest BCUT2D eigenvalue weighted by molar-refractivity contribution is 5.69. The van der Waals surface area contributed by atoms with Crippen LogP contribution in [0.5, 0.6) is 0 Å². The molecule has 0 fully saturated rings. The second-order valence-electron chi connectivity index (χ2n) is 5.41. The molecule has 0 N–H and O–H groups in total. The Morgan fingerprint density at radius 2 is 2.05 bits per heavy atom. The second kappa shape index (κ2) is 5.24. The Morgan fingerprint density at radius 1 is 1.21 bits per heavy atom. The zero-order chi connectivity index (χ0) is 13.2. The van der Waals surface area contributed by atoms with Gasteiger partial charge in [0.15, 0.2) is 0 Å². The number of rotatable bonds is 1. The molecular weight excluding hydrogens is 238 g/mol. The molecule has 0 aromatic rings. The second-order valence-corrected chi connectivity index (χ2v) is 5.41. The Morgan fingerprint density at radius 3 is 2.89 bits per heavy atom. The van der Waals surface area contributed by atoms with Gasteiger partial charge in [-0.2, -0.15) is 0 Å². The number of fused-ring (bicyclic) bond motifs is 1. The largest absolute Gasteiger partial charge is 0.449 e. The van der Waals surface area contributed by atoms with Crippen molar-refractivity contribution in [3.63, 3.8) is 0 Å². The molecule has 0 aromatic heterocycles. The third-order valence-electron chi connectivity index (χ3n) is 4.34. The van der Waals surface area contributed by atoms with E-state index in [9.17, 15) is 4.79 Å². The summed E-state index contributed by atoms with van der Waals surface area (Å²) in [4.78, 5) is 13.5. The summed E-state index contributed by atoms with van der Waals surface area (Å²) in [5, 5.41) is 0. The van der Waals surface area contributed by atoms with E-state index in [1.54, 1.807) is 16.0 Å². The number of ether oxygens (including phenoxy) is 1. The van der Waals surface area contributed by atoms with E-state index in [1.807, 2.05) is 13.1 Å². The number of amides is 1. The molecule has 0 bridgehead atoms. The fourth-order valence-electron chi connectivity index (χ4n) is 3.39. The molecule has 0 saturated heterocycles. The molecule has 0 radical (unpaired) electrons. The molecule has 3 aliphatic rings. The van der Waals surface area contributed by atoms with Crippen molar-refractivity contribution in [1.82, 2.24) is 4.90 Å². The number of allylic oxidation sites excluding steroid dienone is 4. The minimum atomic E-state index is -0.223. The molecule has 0 atom stereocenters. The van der Waals surface area contributed by atoms with Gasteiger partial charge in [0.05, 0.1) is 6.61 Å². The van der Waals surface area contributed by atoms with Crippen molar-refractivity contribution in [3.8, 4) is 0 Å². The highest BCUT2D eigenvalue weighted by Crippen LogP contribution is 2.42. The molecule has 0 spiro atoms. The van der Waals surface area contributed by atoms with Crippen LogP contribution in [-0.2, 0) is 4.74 Å². The molecule has 0 unspecified atom stereocenters. The Kier molecular flexibility index (Phi) is 3.45. The van der Waals surface area contributed by atoms with E-state index in [0.717, 1.165) is 13.0 Å². The highest BCUT2D eigenvalue weighted by Gasteiger charge is 2.26. The average molecular weight is 259 g/mol. The Bertz CT molecular complexity index is 485. The molecule has 3 nitrogen and oxygen atoms in total. The van der Waals surface area contributed by atoms with E-state index in [0.29, 0.717) is 6.61 Å². The molecular formula is C16H21NO2. The molecule has 1 heterocycles. The molecule has 19 heavy (non-hydrogen) atoms. The predicted molar refractivity (Wildman–Crippen MR) is 74.6 cm³/mol. The zero-order valence-corrected chi connectivity index (χ0v) is 11.6. The maximum absolute atomic E-state index is 11.8. The van der Waals surface area contributed by atoms with Gasteiger partial charge in [-0.3, -0.25) is 4.90 Å². The number of hydrogen-bond acceptors (Lipinski definition) is 2. The summed E-state index contributed by atoms with van der Waals surface area (Å²) in [5.41, 5.74) is 6.19. The van der Waals surface area contributed by atoms with Crippen molar-refractivity contribution < 1.29 is 9.53 Å². The van der Waals surface area contributed by atoms with Crippen LogP contribution >= 0.6 is 0 Å². The fraction of sp³-hybridized carbons (Fsp3) is 0.562. The maximum Gasteiger partial charge on any atom is 0.413 e. The van der Waals surface area contributed by atoms with Crippen molar-refractivity contribution in [3.05, 3.63) is 34.6 Å². The summed E-state index contributed by atoms with van der Waals surface area (Å²) < 4.78 is 5.08. The van der Waals surface area contributed by atoms with Crippen LogP contribution < -0.4 is 0 Å². The van der Waals surface area contributed by atoms with Gasteiger partial charge in [-0.1, -0.05) is 11.1 Å². The minimum absolute atomic E-state index is 0.223. The zero-order valence-electron chi connectivity index (χ0n) is 11.6. The third kappa shape index (κ3) is 2.34. The van der Waals surface area contributed by atoms with Crippen LogP contribution in [0.1, 0.15) is 45.4 Å². The van der Waals surface area contributed by atoms with E-state index in [2.05, 4.69) is 6.08 Å². The lowest BCUT2D eigenvalue weighted by Crippen LogP contribution is -2.27. The topological polar surface area (TPSA) is 29.5 Å². The maximum atomic E-state index is 11.8. The van der Waals surface area contributed by atoms with E-state index >= 15 is 0 Å². The summed E-state index contributed by atoms with van der Waals surface area (Å²) in [6, 6.07) is 0. The summed E-state index contributed by atoms with van der Waals surface area (Å²) in [7, 11) is 0. The van der Waals surface area contributed by atoms with Gasteiger partial charge >= 0.3 is 6.09 Å². The van der Waals surface area contributed by atoms with Crippen molar-refractivity contribution in [1.29, 1.82) is 0 Å². The van der Waals surface area contributed by atoms with Crippen LogP contribution in [0.2, 0.25) is 0 Å². The van der Waals surface area contributed by atoms with Crippen LogP contribution in [0, 0.1) is 0 Å². The first-order chi connectivity index (χ1) is 9.29. The first kappa shape index (κ1) is 12.5. The lowest BCUT2D eigenvalue weighted by Gasteiger charge is -2.20. The van der Waals surface area contributed by atoms with Crippen molar-refractivity contribution in [2.24, 2.45) is 0 Å². The molecule has 0 saturated carbocycles. The first-order valence-corrected chi connectivity index (χ1v) is 7.34. The molecule has 1 aliphatic heterocycles. The first-order valence-electron chi connectivity index (χ1n) is 7.34. The standard InChI is InChI=1S/C16H21NO2/c1-2-19-16(18)17-10-8-13-7-6-12-4-3-5-14(12)15(13)9-11-17/h9,11H,2-8,10H2,1H3. The predicted octanol–water partition coefficient (Wildman–Crippen LogP) is 3.93. The number of nitrogens with zero attached hydrogens (tertiary/aromatic N) is 1. The normalized spacial score (nSPS) is 22.3. The van der Waals surface area contributed by atoms with E-state index in [-0.39, 0.29) is 6.09 Å². The van der Waals surface area contributed by atoms with Gasteiger partial charge in [0.1, 0.15) is 0 Å². The summed E-state index contributed by atoms with van der Waals surface area (Å²) >= 11 is 0. The highest BCUT2D eigenvalue weighted by atomic mass is 16.6. The molecule has 3 heteroatoms. The Labute approximate surface area is 114 Å². The molecule has 102 valence electrons. The molecule has 2 aliphatic carbocycles. The van der Waals surface area contributed by atoms with E-state index in [4.69, 9.17) is 4.74 Å². The quantitative estimate of drug-likeness (QED) is 0.714. The number of carbonyl (C=O) groups is 1. The van der Waals surface area contributed by atoms with Crippen molar-refractivity contribution >= 4 is 6.09 Å². The number of carbonyl (C=O) groups excluding carboxylic acids is 1. The summed E-state index contributed by atoms with van der Waals surface area (Å²) in [6.45, 7) is 3.03. The van der Waals surface area contributed by atoms with Crippen LogP contribution in [0.15, 0.2) is 34.6 Å². The third-order valence-corrected chi connectivity index (χ3v) is 4.34. The molecule has 3 rings (SSSR count). The summed E-state index contributed by atoms with van der Waals surface area (Å²) in [5.74, 6) is 0. The molecule has 0 aromatic carbocycles. The monoisotopic (exact) mass is 259 g/mol. The van der Waals surface area contributed by atoms with E-state index < -0.39 is 0 Å². The lowest BCUT2D eigenvalue weighted by atomic mass is 9.86. The minimum Gasteiger partial charge on any atom is -0.449 e. The van der Waals surface area contributed by atoms with Crippen molar-refractivity contribution in [2.45, 2.75) is 45.4 Å². The average Bonchev–Trinajstić information content (AvgIpc) is 2.78. The fourth-order valence-corrected chi connectivity index (χ4v) is 3.39. The van der Waals surface area contributed by atoms with Gasteiger partial charge in [-0.25, -0.2) is 4.79 Å². The number of hydrogen-bond donors (Lipinski definition) is 0. The van der Waals surface area contributed by atoms with Gasteiger partial charge in [0, 0.05) is 12.7 Å². The van der Waals surface area contributed by atoms with Gasteiger partial charge < -0.3 is 4.74 Å². The van der Waals surface area contributed by atoms with Gasteiger partial charge in [0.25, 0.3) is 0 Å². The SMILES string of the molecule is CCOC(=O)N1C=CC2=C(CCC3=C2CCC3)CC1. The van der Waals surface area contributed by atoms with Crippen LogP contribution in [0.25, 0.3) is 0 Å². The van der Waals surface area contributed by atoms with Crippen LogP contribution in [-0.4, -0.2) is 24.1 Å². The van der Waals surface area contributed by atoms with E-state index in [1.165, 1.54) is 43.3 Å². The van der Waals surface area contributed by atoms with Crippen LogP contribution in [0.3, 0.4) is 0 Å². The molecule has 1 amide bonds. The Balaban J connectivity index is 1.81. The van der Waals surface area contributed by atoms with Gasteiger partial charge in [-0.15, -0.1) is 0 Å². The lowest BCUT2D eigenvalue weighted by molar-refractivity contribution is 0.123. The van der Waals surface area contributed by atoms with Crippen LogP contribution in [0.4, 0.5) is 4.79 Å². The smallest absolute Gasteiger partial charge is 0.413 e. The van der Waals surface area contributed by atoms with Gasteiger partial charge in [0.2, 0.25) is 0 Å². The van der Waals surface area contributed by atoms with Crippen molar-refractivity contribution in [2.75, 3.05) is 13.2 Å². The summed E-state index contributed by atoms with van der Waals surface area (Å²) in [6.07, 6.45) is 11.0.